The maximum Gasteiger partial charge on any atom is 0.299 e. The maximum atomic E-state index is 15.9. The number of nitrogens with one attached hydrogen (secondary N) is 2. The molecular weight excluding hydrogens is 645 g/mol. The van der Waals surface area contributed by atoms with E-state index < -0.39 is 5.92 Å². The van der Waals surface area contributed by atoms with Gasteiger partial charge in [0.05, 0.1) is 0 Å². The number of aromatic nitrogens is 3. The molecule has 7 aromatic rings. The Hall–Kier alpha value is -6.12. The molecule has 0 saturated heterocycles. The summed E-state index contributed by atoms with van der Waals surface area (Å²) in [6, 6.07) is 45.9. The van der Waals surface area contributed by atoms with E-state index in [1.807, 2.05) is 115 Å². The summed E-state index contributed by atoms with van der Waals surface area (Å²) in [5, 5.41) is 17.5. The van der Waals surface area contributed by atoms with Gasteiger partial charge in [0, 0.05) is 38.9 Å². The summed E-state index contributed by atoms with van der Waals surface area (Å²) in [7, 11) is 0. The van der Waals surface area contributed by atoms with Crippen LogP contribution in [0.4, 0.5) is 8.78 Å². The third-order valence-electron chi connectivity index (χ3n) is 8.68. The van der Waals surface area contributed by atoms with Crippen LogP contribution in [0.1, 0.15) is 22.3 Å². The molecule has 0 amide bonds. The quantitative estimate of drug-likeness (QED) is 0.136. The molecule has 5 nitrogen and oxygen atoms in total. The highest BCUT2D eigenvalue weighted by atomic mass is 32.2. The van der Waals surface area contributed by atoms with Crippen LogP contribution in [-0.2, 0) is 5.92 Å². The number of fused-ring (bicyclic) bond motifs is 3. The second-order valence-corrected chi connectivity index (χ2v) is 12.9. The van der Waals surface area contributed by atoms with Crippen LogP contribution in [0.2, 0.25) is 0 Å². The largest absolute Gasteiger partial charge is 0.299 e. The number of alkyl halides is 2. The summed E-state index contributed by atoms with van der Waals surface area (Å²) in [5.74, 6) is -1.78. The SMILES string of the molecule is N=C(SC(=N)c1ccc(-c2ccc3c(c2)-c2cc(-c4nc(-c5ccccc5)nc(-c5ccccc5)n4)ccc2C3(F)F)cc1)c1ccccc1. The maximum absolute atomic E-state index is 15.9. The molecule has 2 N–H and O–H groups in total. The van der Waals surface area contributed by atoms with Crippen molar-refractivity contribution < 1.29 is 8.78 Å². The number of nitrogens with zero attached hydrogens (tertiary/aromatic N) is 3. The zero-order chi connectivity index (χ0) is 34.2. The van der Waals surface area contributed by atoms with Crippen molar-refractivity contribution in [1.82, 2.24) is 15.0 Å². The van der Waals surface area contributed by atoms with Crippen molar-refractivity contribution in [2.24, 2.45) is 0 Å². The zero-order valence-corrected chi connectivity index (χ0v) is 27.3. The molecule has 1 aliphatic rings. The molecule has 240 valence electrons. The molecule has 0 bridgehead atoms. The van der Waals surface area contributed by atoms with Crippen LogP contribution in [0.15, 0.2) is 152 Å². The summed E-state index contributed by atoms with van der Waals surface area (Å²) in [6.45, 7) is 0. The third-order valence-corrected chi connectivity index (χ3v) is 9.56. The van der Waals surface area contributed by atoms with Crippen molar-refractivity contribution in [2.75, 3.05) is 0 Å². The topological polar surface area (TPSA) is 86.4 Å². The van der Waals surface area contributed by atoms with Crippen LogP contribution in [-0.4, -0.2) is 25.0 Å². The van der Waals surface area contributed by atoms with E-state index in [1.54, 1.807) is 24.3 Å². The van der Waals surface area contributed by atoms with Crippen molar-refractivity contribution in [3.05, 3.63) is 174 Å². The van der Waals surface area contributed by atoms with Crippen molar-refractivity contribution >= 4 is 21.8 Å². The summed E-state index contributed by atoms with van der Waals surface area (Å²) >= 11 is 1.08. The molecule has 0 aliphatic heterocycles. The van der Waals surface area contributed by atoms with Crippen LogP contribution in [0.3, 0.4) is 0 Å². The third kappa shape index (κ3) is 5.80. The minimum Gasteiger partial charge on any atom is -0.293 e. The predicted octanol–water partition coefficient (Wildman–Crippen LogP) is 10.7. The first-order valence-corrected chi connectivity index (χ1v) is 16.7. The van der Waals surface area contributed by atoms with E-state index in [4.69, 9.17) is 25.8 Å². The van der Waals surface area contributed by atoms with Gasteiger partial charge in [-0.25, -0.2) is 15.0 Å². The van der Waals surface area contributed by atoms with E-state index in [-0.39, 0.29) is 16.2 Å². The first-order chi connectivity index (χ1) is 24.3. The highest BCUT2D eigenvalue weighted by molar-refractivity contribution is 8.27. The average molecular weight is 672 g/mol. The molecule has 8 heteroatoms. The number of hydrogen-bond acceptors (Lipinski definition) is 6. The van der Waals surface area contributed by atoms with E-state index >= 15 is 8.78 Å². The van der Waals surface area contributed by atoms with E-state index in [0.717, 1.165) is 39.6 Å². The minimum atomic E-state index is -3.16. The molecule has 1 aliphatic carbocycles. The highest BCUT2D eigenvalue weighted by Crippen LogP contribution is 2.52. The number of benzene rings is 6. The molecule has 8 rings (SSSR count). The fourth-order valence-corrected chi connectivity index (χ4v) is 6.82. The molecule has 50 heavy (non-hydrogen) atoms. The molecule has 0 atom stereocenters. The minimum absolute atomic E-state index is 0.0479. The Kier molecular flexibility index (Phi) is 7.93. The Balaban J connectivity index is 1.14. The van der Waals surface area contributed by atoms with Gasteiger partial charge >= 0.3 is 0 Å². The van der Waals surface area contributed by atoms with Gasteiger partial charge in [0.2, 0.25) is 0 Å². The van der Waals surface area contributed by atoms with Crippen molar-refractivity contribution in [3.63, 3.8) is 0 Å². The molecule has 0 unspecified atom stereocenters. The standard InChI is InChI=1S/C42H27F2N5S/c43-42(44)35-22-20-31(26-16-18-28(19-17-26)38(46)50-37(45)27-10-4-1-5-11-27)24-33(35)34-25-32(21-23-36(34)42)41-48-39(29-12-6-2-7-13-29)47-40(49-41)30-14-8-3-9-15-30/h1-25,45-46H. The zero-order valence-electron chi connectivity index (χ0n) is 26.4. The van der Waals surface area contributed by atoms with E-state index in [0.29, 0.717) is 44.8 Å². The van der Waals surface area contributed by atoms with Gasteiger partial charge in [-0.1, -0.05) is 151 Å². The number of hydrogen-bond donors (Lipinski definition) is 2. The lowest BCUT2D eigenvalue weighted by Crippen LogP contribution is -2.10. The molecule has 6 aromatic carbocycles. The van der Waals surface area contributed by atoms with Gasteiger partial charge in [0.25, 0.3) is 5.92 Å². The number of rotatable bonds is 6. The van der Waals surface area contributed by atoms with E-state index in [2.05, 4.69) is 0 Å². The fourth-order valence-electron chi connectivity index (χ4n) is 6.11. The van der Waals surface area contributed by atoms with Crippen LogP contribution in [0.25, 0.3) is 56.4 Å². The average Bonchev–Trinajstić information content (AvgIpc) is 3.40. The summed E-state index contributed by atoms with van der Waals surface area (Å²) in [6.07, 6.45) is 0. The van der Waals surface area contributed by atoms with Gasteiger partial charge in [-0.2, -0.15) is 8.78 Å². The smallest absolute Gasteiger partial charge is 0.293 e. The van der Waals surface area contributed by atoms with Crippen LogP contribution >= 0.6 is 11.8 Å². The van der Waals surface area contributed by atoms with Crippen molar-refractivity contribution in [3.8, 4) is 56.4 Å². The summed E-state index contributed by atoms with van der Waals surface area (Å²) in [5.41, 5.74) is 6.06. The van der Waals surface area contributed by atoms with Gasteiger partial charge in [0.1, 0.15) is 10.1 Å². The fraction of sp³-hybridized carbons (Fsp3) is 0.0238. The lowest BCUT2D eigenvalue weighted by Gasteiger charge is -2.13. The van der Waals surface area contributed by atoms with E-state index in [1.165, 1.54) is 12.1 Å². The molecular formula is C42H27F2N5S. The Labute approximate surface area is 291 Å². The summed E-state index contributed by atoms with van der Waals surface area (Å²) in [4.78, 5) is 14.3. The lowest BCUT2D eigenvalue weighted by atomic mass is 9.97. The first-order valence-electron chi connectivity index (χ1n) is 15.9. The van der Waals surface area contributed by atoms with Crippen LogP contribution in [0.5, 0.6) is 0 Å². The molecule has 0 fully saturated rings. The molecule has 0 spiro atoms. The lowest BCUT2D eigenvalue weighted by molar-refractivity contribution is 0.0480. The van der Waals surface area contributed by atoms with Crippen molar-refractivity contribution in [1.29, 1.82) is 10.8 Å². The molecule has 0 radical (unpaired) electrons. The van der Waals surface area contributed by atoms with Crippen LogP contribution in [0, 0.1) is 10.8 Å². The van der Waals surface area contributed by atoms with Gasteiger partial charge in [-0.15, -0.1) is 0 Å². The second-order valence-electron chi connectivity index (χ2n) is 11.8. The molecule has 1 aromatic heterocycles. The summed E-state index contributed by atoms with van der Waals surface area (Å²) < 4.78 is 31.7. The Morgan fingerprint density at radius 1 is 0.440 bits per heavy atom. The monoisotopic (exact) mass is 671 g/mol. The predicted molar refractivity (Wildman–Crippen MR) is 198 cm³/mol. The first kappa shape index (κ1) is 31.2. The Morgan fingerprint density at radius 3 is 1.36 bits per heavy atom. The second kappa shape index (κ2) is 12.7. The number of halogens is 2. The number of thioether (sulfide) groups is 1. The Morgan fingerprint density at radius 2 is 0.840 bits per heavy atom. The van der Waals surface area contributed by atoms with Gasteiger partial charge < -0.3 is 0 Å². The van der Waals surface area contributed by atoms with Crippen molar-refractivity contribution in [2.45, 2.75) is 5.92 Å². The Bertz CT molecular complexity index is 2340. The van der Waals surface area contributed by atoms with Crippen LogP contribution < -0.4 is 0 Å². The highest BCUT2D eigenvalue weighted by Gasteiger charge is 2.44. The van der Waals surface area contributed by atoms with Gasteiger partial charge in [0.15, 0.2) is 17.5 Å². The van der Waals surface area contributed by atoms with Gasteiger partial charge in [-0.3, -0.25) is 10.8 Å². The molecule has 0 saturated carbocycles. The normalized spacial score (nSPS) is 12.6. The van der Waals surface area contributed by atoms with Gasteiger partial charge in [-0.05, 0) is 34.4 Å². The van der Waals surface area contributed by atoms with E-state index in [9.17, 15) is 0 Å². The molecule has 1 heterocycles.